The van der Waals surface area contributed by atoms with Crippen molar-refractivity contribution in [1.82, 2.24) is 15.1 Å². The summed E-state index contributed by atoms with van der Waals surface area (Å²) in [7, 11) is 1.99. The number of aliphatic hydroxyl groups excluding tert-OH is 1. The molecule has 11 heteroatoms. The van der Waals surface area contributed by atoms with Crippen LogP contribution >= 0.6 is 0 Å². The third kappa shape index (κ3) is 11.0. The van der Waals surface area contributed by atoms with Crippen molar-refractivity contribution in [1.29, 1.82) is 0 Å². The summed E-state index contributed by atoms with van der Waals surface area (Å²) in [6, 6.07) is 11.0. The van der Waals surface area contributed by atoms with Gasteiger partial charge in [0, 0.05) is 43.9 Å². The average molecular weight is 627 g/mol. The first-order chi connectivity index (χ1) is 21.4. The highest BCUT2D eigenvalue weighted by atomic mass is 16.5. The smallest absolute Gasteiger partial charge is 0.335 e. The minimum atomic E-state index is -0.958. The Balaban J connectivity index is 1.88. The molecule has 4 atom stereocenters. The van der Waals surface area contributed by atoms with Gasteiger partial charge in [-0.1, -0.05) is 19.1 Å². The number of carboxylic acid groups (broad SMARTS) is 1. The molecule has 4 N–H and O–H groups in total. The zero-order valence-corrected chi connectivity index (χ0v) is 27.4. The van der Waals surface area contributed by atoms with Gasteiger partial charge in [0.25, 0.3) is 5.91 Å². The Morgan fingerprint density at radius 3 is 2.44 bits per heavy atom. The van der Waals surface area contributed by atoms with E-state index in [0.717, 1.165) is 24.8 Å². The van der Waals surface area contributed by atoms with Crippen LogP contribution in [0.2, 0.25) is 0 Å². The summed E-state index contributed by atoms with van der Waals surface area (Å²) in [5.74, 6) is -0.922. The molecule has 2 aromatic rings. The molecule has 0 aliphatic carbocycles. The highest BCUT2D eigenvalue weighted by Gasteiger charge is 2.30. The van der Waals surface area contributed by atoms with E-state index in [-0.39, 0.29) is 48.3 Å². The molecular weight excluding hydrogens is 576 g/mol. The van der Waals surface area contributed by atoms with E-state index in [9.17, 15) is 24.6 Å². The number of carbonyl (C=O) groups is 3. The SMILES string of the molecule is CC(C)NC(=O)Nc1ccc2c(c1)C(=O)N([C@H](C)CO)C[C@@H](C)[C@H](CN(C)Cc1ccc(C(=O)O)cc1)OCCCC[C@H](C)O2. The molecule has 0 unspecified atom stereocenters. The van der Waals surface area contributed by atoms with Gasteiger partial charge >= 0.3 is 12.0 Å². The quantitative estimate of drug-likeness (QED) is 0.310. The van der Waals surface area contributed by atoms with Gasteiger partial charge in [-0.05, 0) is 89.9 Å². The minimum absolute atomic E-state index is 0.0535. The number of carbonyl (C=O) groups excluding carboxylic acids is 2. The zero-order valence-electron chi connectivity index (χ0n) is 27.4. The number of likely N-dealkylation sites (N-methyl/N-ethyl adjacent to an activating group) is 1. The molecule has 0 saturated heterocycles. The van der Waals surface area contributed by atoms with Crippen LogP contribution in [0.5, 0.6) is 5.75 Å². The zero-order chi connectivity index (χ0) is 33.1. The van der Waals surface area contributed by atoms with E-state index in [1.54, 1.807) is 42.2 Å². The van der Waals surface area contributed by atoms with Crippen molar-refractivity contribution in [2.75, 3.05) is 38.7 Å². The summed E-state index contributed by atoms with van der Waals surface area (Å²) in [5.41, 5.74) is 2.00. The number of fused-ring (bicyclic) bond motifs is 1. The number of nitrogens with one attached hydrogen (secondary N) is 2. The first-order valence-corrected chi connectivity index (χ1v) is 15.8. The summed E-state index contributed by atoms with van der Waals surface area (Å²) in [5, 5.41) is 25.0. The number of carboxylic acids is 1. The Hall–Kier alpha value is -3.67. The molecule has 1 aliphatic heterocycles. The van der Waals surface area contributed by atoms with Crippen molar-refractivity contribution in [2.24, 2.45) is 5.92 Å². The number of aliphatic hydroxyl groups is 1. The van der Waals surface area contributed by atoms with Gasteiger partial charge in [-0.2, -0.15) is 0 Å². The lowest BCUT2D eigenvalue weighted by molar-refractivity contribution is -0.0177. The van der Waals surface area contributed by atoms with Crippen LogP contribution in [-0.4, -0.2) is 95.6 Å². The second-order valence-electron chi connectivity index (χ2n) is 12.5. The molecule has 11 nitrogen and oxygen atoms in total. The van der Waals surface area contributed by atoms with E-state index < -0.39 is 12.0 Å². The average Bonchev–Trinajstić information content (AvgIpc) is 2.98. The topological polar surface area (TPSA) is 141 Å². The van der Waals surface area contributed by atoms with E-state index in [0.29, 0.717) is 43.2 Å². The third-order valence-electron chi connectivity index (χ3n) is 7.87. The van der Waals surface area contributed by atoms with E-state index in [4.69, 9.17) is 9.47 Å². The van der Waals surface area contributed by atoms with Gasteiger partial charge in [-0.15, -0.1) is 0 Å². The Bertz CT molecular complexity index is 1270. The number of benzene rings is 2. The maximum atomic E-state index is 14.2. The number of urea groups is 1. The Kier molecular flexibility index (Phi) is 13.6. The molecule has 1 heterocycles. The molecule has 3 rings (SSSR count). The van der Waals surface area contributed by atoms with Gasteiger partial charge in [0.05, 0.1) is 36.0 Å². The van der Waals surface area contributed by atoms with Gasteiger partial charge in [0.1, 0.15) is 5.75 Å². The molecule has 0 radical (unpaired) electrons. The highest BCUT2D eigenvalue weighted by Crippen LogP contribution is 2.28. The number of hydrogen-bond donors (Lipinski definition) is 4. The fraction of sp³-hybridized carbons (Fsp3) is 0.559. The van der Waals surface area contributed by atoms with E-state index in [2.05, 4.69) is 15.5 Å². The van der Waals surface area contributed by atoms with Crippen LogP contribution in [-0.2, 0) is 11.3 Å². The normalized spacial score (nSPS) is 20.6. The Morgan fingerprint density at radius 1 is 1.09 bits per heavy atom. The molecule has 0 fully saturated rings. The molecular formula is C34H50N4O7. The number of ether oxygens (including phenoxy) is 2. The van der Waals surface area contributed by atoms with Gasteiger partial charge < -0.3 is 35.2 Å². The number of amides is 3. The second kappa shape index (κ2) is 17.1. The standard InChI is InChI=1S/C34H50N4O7/c1-22(2)35-34(43)36-28-14-15-30-29(17-28)32(40)38(24(4)21-39)18-23(3)31(44-16-8-7-9-25(5)45-30)20-37(6)19-26-10-12-27(13-11-26)33(41)42/h10-15,17,22-25,31,39H,7-9,16,18-21H2,1-6H3,(H,41,42)(H2,35,36,43)/t23-,24-,25+,31+/m1/s1. The van der Waals surface area contributed by atoms with Gasteiger partial charge in [0.2, 0.25) is 0 Å². The molecule has 2 aromatic carbocycles. The maximum absolute atomic E-state index is 14.2. The lowest BCUT2D eigenvalue weighted by atomic mass is 10.0. The van der Waals surface area contributed by atoms with E-state index in [1.807, 2.05) is 46.9 Å². The predicted molar refractivity (Wildman–Crippen MR) is 174 cm³/mol. The van der Waals surface area contributed by atoms with Gasteiger partial charge in [-0.25, -0.2) is 9.59 Å². The van der Waals surface area contributed by atoms with Crippen LogP contribution in [0.4, 0.5) is 10.5 Å². The molecule has 3 amide bonds. The first-order valence-electron chi connectivity index (χ1n) is 15.8. The van der Waals surface area contributed by atoms with Crippen LogP contribution in [0.3, 0.4) is 0 Å². The minimum Gasteiger partial charge on any atom is -0.490 e. The van der Waals surface area contributed by atoms with Crippen molar-refractivity contribution in [3.05, 3.63) is 59.2 Å². The van der Waals surface area contributed by atoms with Crippen LogP contribution in [0.25, 0.3) is 0 Å². The van der Waals surface area contributed by atoms with Crippen molar-refractivity contribution < 1.29 is 34.1 Å². The lowest BCUT2D eigenvalue weighted by Gasteiger charge is -2.36. The Morgan fingerprint density at radius 2 is 1.80 bits per heavy atom. The molecule has 248 valence electrons. The Labute approximate surface area is 266 Å². The second-order valence-corrected chi connectivity index (χ2v) is 12.5. The molecule has 0 bridgehead atoms. The van der Waals surface area contributed by atoms with E-state index >= 15 is 0 Å². The summed E-state index contributed by atoms with van der Waals surface area (Å²) < 4.78 is 12.7. The summed E-state index contributed by atoms with van der Waals surface area (Å²) in [6.45, 7) is 11.4. The van der Waals surface area contributed by atoms with Crippen molar-refractivity contribution in [3.63, 3.8) is 0 Å². The number of rotatable bonds is 9. The lowest BCUT2D eigenvalue weighted by Crippen LogP contribution is -2.47. The monoisotopic (exact) mass is 626 g/mol. The van der Waals surface area contributed by atoms with Gasteiger partial charge in [-0.3, -0.25) is 9.69 Å². The molecule has 0 aromatic heterocycles. The fourth-order valence-electron chi connectivity index (χ4n) is 5.33. The van der Waals surface area contributed by atoms with Crippen LogP contribution in [0, 0.1) is 5.92 Å². The predicted octanol–water partition coefficient (Wildman–Crippen LogP) is 4.84. The summed E-state index contributed by atoms with van der Waals surface area (Å²) >= 11 is 0. The summed E-state index contributed by atoms with van der Waals surface area (Å²) in [6.07, 6.45) is 2.16. The molecule has 45 heavy (non-hydrogen) atoms. The van der Waals surface area contributed by atoms with E-state index in [1.165, 1.54) is 0 Å². The number of anilines is 1. The third-order valence-corrected chi connectivity index (χ3v) is 7.87. The largest absolute Gasteiger partial charge is 0.490 e. The van der Waals surface area contributed by atoms with Crippen LogP contribution < -0.4 is 15.4 Å². The maximum Gasteiger partial charge on any atom is 0.335 e. The first kappa shape index (κ1) is 35.8. The summed E-state index contributed by atoms with van der Waals surface area (Å²) in [4.78, 5) is 41.7. The van der Waals surface area contributed by atoms with Crippen molar-refractivity contribution in [3.8, 4) is 5.75 Å². The van der Waals surface area contributed by atoms with Crippen LogP contribution in [0.15, 0.2) is 42.5 Å². The van der Waals surface area contributed by atoms with Crippen LogP contribution in [0.1, 0.15) is 80.2 Å². The van der Waals surface area contributed by atoms with Gasteiger partial charge in [0.15, 0.2) is 0 Å². The van der Waals surface area contributed by atoms with Crippen molar-refractivity contribution >= 4 is 23.6 Å². The molecule has 1 aliphatic rings. The highest BCUT2D eigenvalue weighted by molar-refractivity contribution is 5.99. The number of hydrogen-bond acceptors (Lipinski definition) is 7. The number of nitrogens with zero attached hydrogens (tertiary/aromatic N) is 2. The molecule has 0 spiro atoms. The fourth-order valence-corrected chi connectivity index (χ4v) is 5.33. The van der Waals surface area contributed by atoms with Crippen molar-refractivity contribution in [2.45, 2.75) is 84.7 Å². The molecule has 0 saturated carbocycles. The number of aromatic carboxylic acids is 1.